The molecule has 1 aromatic rings. The van der Waals surface area contributed by atoms with Crippen LogP contribution < -0.4 is 10.6 Å². The van der Waals surface area contributed by atoms with Crippen LogP contribution in [0.3, 0.4) is 0 Å². The van der Waals surface area contributed by atoms with Gasteiger partial charge in [-0.3, -0.25) is 9.59 Å². The second-order valence-corrected chi connectivity index (χ2v) is 5.22. The minimum absolute atomic E-state index is 0.115. The Hall–Kier alpha value is -1.36. The Labute approximate surface area is 112 Å². The van der Waals surface area contributed by atoms with Crippen molar-refractivity contribution in [3.05, 3.63) is 22.4 Å². The lowest BCUT2D eigenvalue weighted by atomic mass is 10.2. The van der Waals surface area contributed by atoms with Crippen LogP contribution in [0.5, 0.6) is 0 Å². The van der Waals surface area contributed by atoms with Crippen molar-refractivity contribution in [3.63, 3.8) is 0 Å². The van der Waals surface area contributed by atoms with Crippen molar-refractivity contribution in [2.75, 3.05) is 6.54 Å². The molecule has 1 atom stereocenters. The zero-order valence-electron chi connectivity index (χ0n) is 10.9. The third-order valence-electron chi connectivity index (χ3n) is 2.52. The van der Waals surface area contributed by atoms with Gasteiger partial charge in [0.05, 0.1) is 6.42 Å². The number of nitrogens with one attached hydrogen (secondary N) is 2. The van der Waals surface area contributed by atoms with Crippen molar-refractivity contribution in [2.24, 2.45) is 0 Å². The summed E-state index contributed by atoms with van der Waals surface area (Å²) in [5.74, 6) is -0.237. The van der Waals surface area contributed by atoms with Gasteiger partial charge in [0.1, 0.15) is 6.04 Å². The van der Waals surface area contributed by atoms with E-state index in [1.807, 2.05) is 17.5 Å². The molecule has 100 valence electrons. The van der Waals surface area contributed by atoms with Crippen LogP contribution in [0, 0.1) is 0 Å². The molecule has 0 aliphatic heterocycles. The number of hydrogen-bond donors (Lipinski definition) is 2. The average molecular weight is 268 g/mol. The second kappa shape index (κ2) is 7.87. The number of hydrogen-bond acceptors (Lipinski definition) is 3. The molecule has 0 radical (unpaired) electrons. The van der Waals surface area contributed by atoms with Crippen LogP contribution >= 0.6 is 11.3 Å². The predicted molar refractivity (Wildman–Crippen MR) is 73.5 cm³/mol. The lowest BCUT2D eigenvalue weighted by Crippen LogP contribution is -2.45. The predicted octanol–water partition coefficient (Wildman–Crippen LogP) is 1.71. The van der Waals surface area contributed by atoms with Crippen LogP contribution in [0.1, 0.15) is 31.6 Å². The van der Waals surface area contributed by atoms with Crippen molar-refractivity contribution < 1.29 is 9.59 Å². The fourth-order valence-electron chi connectivity index (χ4n) is 1.47. The summed E-state index contributed by atoms with van der Waals surface area (Å²) in [6.07, 6.45) is 2.34. The highest BCUT2D eigenvalue weighted by molar-refractivity contribution is 7.10. The molecular formula is C13H20N2O2S. The SMILES string of the molecule is CCCCNC(=O)[C@H](C)NC(=O)Cc1cccs1. The molecule has 0 unspecified atom stereocenters. The zero-order valence-corrected chi connectivity index (χ0v) is 11.7. The lowest BCUT2D eigenvalue weighted by Gasteiger charge is -2.13. The third kappa shape index (κ3) is 5.31. The van der Waals surface area contributed by atoms with Gasteiger partial charge in [-0.25, -0.2) is 0 Å². The normalized spacial score (nSPS) is 11.9. The summed E-state index contributed by atoms with van der Waals surface area (Å²) in [4.78, 5) is 24.3. The fourth-order valence-corrected chi connectivity index (χ4v) is 2.17. The van der Waals surface area contributed by atoms with Crippen molar-refractivity contribution in [3.8, 4) is 0 Å². The third-order valence-corrected chi connectivity index (χ3v) is 3.39. The molecule has 0 spiro atoms. The second-order valence-electron chi connectivity index (χ2n) is 4.19. The van der Waals surface area contributed by atoms with Crippen molar-refractivity contribution in [1.82, 2.24) is 10.6 Å². The van der Waals surface area contributed by atoms with E-state index >= 15 is 0 Å². The van der Waals surface area contributed by atoms with E-state index in [0.717, 1.165) is 17.7 Å². The smallest absolute Gasteiger partial charge is 0.242 e. The Kier molecular flexibility index (Phi) is 6.43. The highest BCUT2D eigenvalue weighted by Crippen LogP contribution is 2.08. The van der Waals surface area contributed by atoms with Crippen LogP contribution in [-0.4, -0.2) is 24.4 Å². The number of unbranched alkanes of at least 4 members (excludes halogenated alkanes) is 1. The highest BCUT2D eigenvalue weighted by Gasteiger charge is 2.15. The summed E-state index contributed by atoms with van der Waals surface area (Å²) in [5.41, 5.74) is 0. The molecule has 0 aliphatic rings. The molecule has 0 aromatic carbocycles. The highest BCUT2D eigenvalue weighted by atomic mass is 32.1. The maximum Gasteiger partial charge on any atom is 0.242 e. The summed E-state index contributed by atoms with van der Waals surface area (Å²) < 4.78 is 0. The summed E-state index contributed by atoms with van der Waals surface area (Å²) in [6, 6.07) is 3.35. The molecule has 0 bridgehead atoms. The molecule has 5 heteroatoms. The number of carbonyl (C=O) groups excluding carboxylic acids is 2. The first-order valence-corrected chi connectivity index (χ1v) is 7.11. The molecule has 1 rings (SSSR count). The summed E-state index contributed by atoms with van der Waals surface area (Å²) in [7, 11) is 0. The molecule has 0 fully saturated rings. The molecule has 18 heavy (non-hydrogen) atoms. The Balaban J connectivity index is 2.28. The van der Waals surface area contributed by atoms with Gasteiger partial charge < -0.3 is 10.6 Å². The van der Waals surface area contributed by atoms with E-state index < -0.39 is 6.04 Å². The van der Waals surface area contributed by atoms with E-state index in [0.29, 0.717) is 13.0 Å². The monoisotopic (exact) mass is 268 g/mol. The zero-order chi connectivity index (χ0) is 13.4. The van der Waals surface area contributed by atoms with Gasteiger partial charge >= 0.3 is 0 Å². The van der Waals surface area contributed by atoms with Crippen molar-refractivity contribution in [2.45, 2.75) is 39.2 Å². The summed E-state index contributed by atoms with van der Waals surface area (Å²) in [6.45, 7) is 4.44. The first kappa shape index (κ1) is 14.7. The Bertz CT molecular complexity index is 376. The van der Waals surface area contributed by atoms with Crippen LogP contribution in [0.4, 0.5) is 0 Å². The quantitative estimate of drug-likeness (QED) is 0.740. The molecule has 2 amide bonds. The maximum absolute atomic E-state index is 11.7. The number of amides is 2. The van der Waals surface area contributed by atoms with Gasteiger partial charge in [0.25, 0.3) is 0 Å². The lowest BCUT2D eigenvalue weighted by molar-refractivity contribution is -0.128. The minimum Gasteiger partial charge on any atom is -0.354 e. The summed E-state index contributed by atoms with van der Waals surface area (Å²) in [5, 5.41) is 7.43. The van der Waals surface area contributed by atoms with E-state index in [1.165, 1.54) is 0 Å². The topological polar surface area (TPSA) is 58.2 Å². The van der Waals surface area contributed by atoms with Gasteiger partial charge in [-0.15, -0.1) is 11.3 Å². The van der Waals surface area contributed by atoms with Gasteiger partial charge in [0.2, 0.25) is 11.8 Å². The molecule has 0 aliphatic carbocycles. The first-order chi connectivity index (χ1) is 8.63. The molecule has 0 saturated carbocycles. The van der Waals surface area contributed by atoms with E-state index in [4.69, 9.17) is 0 Å². The number of thiophene rings is 1. The molecule has 1 heterocycles. The molecule has 4 nitrogen and oxygen atoms in total. The first-order valence-electron chi connectivity index (χ1n) is 6.23. The fraction of sp³-hybridized carbons (Fsp3) is 0.538. The minimum atomic E-state index is -0.477. The van der Waals surface area contributed by atoms with E-state index in [9.17, 15) is 9.59 Å². The van der Waals surface area contributed by atoms with Crippen molar-refractivity contribution in [1.29, 1.82) is 0 Å². The van der Waals surface area contributed by atoms with Crippen LogP contribution in [0.25, 0.3) is 0 Å². The van der Waals surface area contributed by atoms with Crippen molar-refractivity contribution >= 4 is 23.2 Å². The van der Waals surface area contributed by atoms with E-state index in [1.54, 1.807) is 18.3 Å². The number of rotatable bonds is 7. The Morgan fingerprint density at radius 3 is 2.83 bits per heavy atom. The molecule has 1 aromatic heterocycles. The average Bonchev–Trinajstić information content (AvgIpc) is 2.81. The van der Waals surface area contributed by atoms with Gasteiger partial charge in [-0.2, -0.15) is 0 Å². The van der Waals surface area contributed by atoms with Gasteiger partial charge in [-0.05, 0) is 24.8 Å². The standard InChI is InChI=1S/C13H20N2O2S/c1-3-4-7-14-13(17)10(2)15-12(16)9-11-6-5-8-18-11/h5-6,8,10H,3-4,7,9H2,1-2H3,(H,14,17)(H,15,16)/t10-/m0/s1. The van der Waals surface area contributed by atoms with E-state index in [-0.39, 0.29) is 11.8 Å². The molecule has 0 saturated heterocycles. The van der Waals surface area contributed by atoms with Gasteiger partial charge in [0.15, 0.2) is 0 Å². The maximum atomic E-state index is 11.7. The largest absolute Gasteiger partial charge is 0.354 e. The molecular weight excluding hydrogens is 248 g/mol. The van der Waals surface area contributed by atoms with Crippen LogP contribution in [0.15, 0.2) is 17.5 Å². The number of carbonyl (C=O) groups is 2. The van der Waals surface area contributed by atoms with Gasteiger partial charge in [-0.1, -0.05) is 19.4 Å². The Morgan fingerprint density at radius 2 is 2.22 bits per heavy atom. The van der Waals surface area contributed by atoms with Crippen LogP contribution in [-0.2, 0) is 16.0 Å². The summed E-state index contributed by atoms with van der Waals surface area (Å²) >= 11 is 1.54. The van der Waals surface area contributed by atoms with Crippen LogP contribution in [0.2, 0.25) is 0 Å². The van der Waals surface area contributed by atoms with E-state index in [2.05, 4.69) is 17.6 Å². The van der Waals surface area contributed by atoms with Gasteiger partial charge in [0, 0.05) is 11.4 Å². The Morgan fingerprint density at radius 1 is 1.44 bits per heavy atom. The molecule has 2 N–H and O–H groups in total.